The molecular formula is C29H30Cl2N6O3. The van der Waals surface area contributed by atoms with Gasteiger partial charge in [-0.25, -0.2) is 4.98 Å². The lowest BCUT2D eigenvalue weighted by atomic mass is 9.80. The summed E-state index contributed by atoms with van der Waals surface area (Å²) in [6.45, 7) is 4.31. The van der Waals surface area contributed by atoms with Gasteiger partial charge in [0, 0.05) is 41.4 Å². The number of piperidine rings is 1. The van der Waals surface area contributed by atoms with Crippen molar-refractivity contribution in [1.29, 1.82) is 0 Å². The van der Waals surface area contributed by atoms with E-state index in [-0.39, 0.29) is 18.0 Å². The van der Waals surface area contributed by atoms with Crippen molar-refractivity contribution in [2.45, 2.75) is 38.7 Å². The second-order valence-electron chi connectivity index (χ2n) is 10.6. The molecule has 1 amide bonds. The lowest BCUT2D eigenvalue weighted by Gasteiger charge is -2.37. The van der Waals surface area contributed by atoms with Crippen LogP contribution in [0.3, 0.4) is 0 Å². The van der Waals surface area contributed by atoms with Gasteiger partial charge in [-0.05, 0) is 62.1 Å². The van der Waals surface area contributed by atoms with Crippen LogP contribution >= 0.6 is 23.2 Å². The molecule has 2 saturated heterocycles. The number of hydrogen-bond acceptors (Lipinski definition) is 7. The molecule has 4 aromatic rings. The number of anilines is 1. The Morgan fingerprint density at radius 3 is 2.50 bits per heavy atom. The molecular weight excluding hydrogens is 551 g/mol. The maximum atomic E-state index is 12.1. The van der Waals surface area contributed by atoms with Crippen LogP contribution in [0.5, 0.6) is 6.01 Å². The van der Waals surface area contributed by atoms with Gasteiger partial charge in [0.05, 0.1) is 11.6 Å². The van der Waals surface area contributed by atoms with Gasteiger partial charge in [0.1, 0.15) is 11.9 Å². The van der Waals surface area contributed by atoms with E-state index in [4.69, 9.17) is 53.4 Å². The molecule has 11 heteroatoms. The molecule has 0 spiro atoms. The number of rotatable bonds is 6. The first-order valence-electron chi connectivity index (χ1n) is 13.4. The highest BCUT2D eigenvalue weighted by atomic mass is 35.5. The number of ether oxygens (including phenoxy) is 2. The number of benzene rings is 2. The Balaban J connectivity index is 1.54. The highest BCUT2D eigenvalue weighted by Gasteiger charge is 2.37. The molecule has 1 atom stereocenters. The summed E-state index contributed by atoms with van der Waals surface area (Å²) in [6.07, 6.45) is 2.84. The largest absolute Gasteiger partial charge is 0.458 e. The van der Waals surface area contributed by atoms with Gasteiger partial charge in [0.2, 0.25) is 5.91 Å². The summed E-state index contributed by atoms with van der Waals surface area (Å²) in [7, 11) is 0. The molecule has 2 N–H and O–H groups in total. The standard InChI is InChI=1S/C29H30Cl2N6O3/c1-29(27(32)38)12-14-36(15-13-29)25-23-26(35-28(34-25)40-20-5-4-16-39-17-20)37(19-10-8-18(30)9-11-19)24(33-23)21-6-2-3-7-22(21)31/h2-3,6-11,20H,4-5,12-17H2,1H3,(H2,32,38). The van der Waals surface area contributed by atoms with Gasteiger partial charge in [-0.3, -0.25) is 9.36 Å². The number of hydrogen-bond donors (Lipinski definition) is 1. The summed E-state index contributed by atoms with van der Waals surface area (Å²) >= 11 is 12.9. The Morgan fingerprint density at radius 2 is 1.82 bits per heavy atom. The normalized spacial score (nSPS) is 19.1. The van der Waals surface area contributed by atoms with Crippen LogP contribution in [-0.4, -0.2) is 57.8 Å². The lowest BCUT2D eigenvalue weighted by Crippen LogP contribution is -2.45. The molecule has 0 radical (unpaired) electrons. The van der Waals surface area contributed by atoms with Crippen molar-refractivity contribution in [3.05, 3.63) is 58.6 Å². The number of aromatic nitrogens is 4. The van der Waals surface area contributed by atoms with Crippen LogP contribution in [0.4, 0.5) is 5.82 Å². The van der Waals surface area contributed by atoms with E-state index in [2.05, 4.69) is 4.90 Å². The lowest BCUT2D eigenvalue weighted by molar-refractivity contribution is -0.127. The van der Waals surface area contributed by atoms with Crippen LogP contribution in [0.15, 0.2) is 48.5 Å². The number of carbonyl (C=O) groups excluding carboxylic acids is 1. The zero-order valence-corrected chi connectivity index (χ0v) is 23.7. The molecule has 0 aliphatic carbocycles. The fraction of sp³-hybridized carbons (Fsp3) is 0.379. The quantitative estimate of drug-likeness (QED) is 0.323. The average molecular weight is 582 g/mol. The molecule has 9 nitrogen and oxygen atoms in total. The zero-order chi connectivity index (χ0) is 27.9. The maximum absolute atomic E-state index is 12.1. The molecule has 2 fully saturated rings. The van der Waals surface area contributed by atoms with Crippen LogP contribution in [0.25, 0.3) is 28.2 Å². The number of fused-ring (bicyclic) bond motifs is 1. The maximum Gasteiger partial charge on any atom is 0.320 e. The predicted molar refractivity (Wildman–Crippen MR) is 155 cm³/mol. The van der Waals surface area contributed by atoms with Crippen molar-refractivity contribution in [1.82, 2.24) is 19.5 Å². The van der Waals surface area contributed by atoms with E-state index in [0.29, 0.717) is 65.4 Å². The van der Waals surface area contributed by atoms with E-state index in [1.807, 2.05) is 60.0 Å². The Hall–Kier alpha value is -3.40. The van der Waals surface area contributed by atoms with Gasteiger partial charge < -0.3 is 20.1 Å². The molecule has 2 aromatic heterocycles. The highest BCUT2D eigenvalue weighted by molar-refractivity contribution is 6.33. The zero-order valence-electron chi connectivity index (χ0n) is 22.1. The van der Waals surface area contributed by atoms with Gasteiger partial charge in [0.15, 0.2) is 17.0 Å². The Labute approximate surface area is 242 Å². The van der Waals surface area contributed by atoms with Crippen LogP contribution < -0.4 is 15.4 Å². The van der Waals surface area contributed by atoms with Crippen molar-refractivity contribution >= 4 is 46.1 Å². The van der Waals surface area contributed by atoms with Crippen LogP contribution in [0.1, 0.15) is 32.6 Å². The molecule has 2 aromatic carbocycles. The second-order valence-corrected chi connectivity index (χ2v) is 11.4. The third-order valence-corrected chi connectivity index (χ3v) is 8.40. The number of nitrogens with two attached hydrogens (primary N) is 1. The van der Waals surface area contributed by atoms with Crippen molar-refractivity contribution in [2.24, 2.45) is 11.1 Å². The summed E-state index contributed by atoms with van der Waals surface area (Å²) < 4.78 is 13.9. The fourth-order valence-corrected chi connectivity index (χ4v) is 5.61. The molecule has 0 bridgehead atoms. The van der Waals surface area contributed by atoms with Crippen molar-refractivity contribution in [3.8, 4) is 23.1 Å². The number of halogens is 2. The molecule has 1 unspecified atom stereocenters. The number of nitrogens with zero attached hydrogens (tertiary/aromatic N) is 5. The first kappa shape index (κ1) is 26.8. The SMILES string of the molecule is CC1(C(N)=O)CCN(c2nc(OC3CCCOC3)nc3c2nc(-c2ccccc2Cl)n3-c2ccc(Cl)cc2)CC1. The number of amides is 1. The first-order valence-corrected chi connectivity index (χ1v) is 14.2. The van der Waals surface area contributed by atoms with E-state index in [1.165, 1.54) is 0 Å². The van der Waals surface area contributed by atoms with Crippen molar-refractivity contribution in [2.75, 3.05) is 31.2 Å². The van der Waals surface area contributed by atoms with Gasteiger partial charge in [-0.2, -0.15) is 9.97 Å². The molecule has 6 rings (SSSR count). The third kappa shape index (κ3) is 5.09. The van der Waals surface area contributed by atoms with Gasteiger partial charge in [0.25, 0.3) is 0 Å². The smallest absolute Gasteiger partial charge is 0.320 e. The van der Waals surface area contributed by atoms with Gasteiger partial charge in [-0.15, -0.1) is 0 Å². The molecule has 2 aliphatic rings. The second kappa shape index (κ2) is 10.9. The summed E-state index contributed by atoms with van der Waals surface area (Å²) in [5, 5.41) is 1.18. The Kier molecular flexibility index (Phi) is 7.29. The Bertz CT molecular complexity index is 1540. The molecule has 0 saturated carbocycles. The van der Waals surface area contributed by atoms with Crippen molar-refractivity contribution < 1.29 is 14.3 Å². The molecule has 40 heavy (non-hydrogen) atoms. The molecule has 208 valence electrons. The van der Waals surface area contributed by atoms with E-state index in [0.717, 1.165) is 30.7 Å². The van der Waals surface area contributed by atoms with E-state index >= 15 is 0 Å². The predicted octanol–water partition coefficient (Wildman–Crippen LogP) is 5.44. The van der Waals surface area contributed by atoms with Crippen LogP contribution in [0, 0.1) is 5.41 Å². The fourth-order valence-electron chi connectivity index (χ4n) is 5.27. The minimum absolute atomic E-state index is 0.145. The van der Waals surface area contributed by atoms with E-state index < -0.39 is 5.41 Å². The Morgan fingerprint density at radius 1 is 1.07 bits per heavy atom. The first-order chi connectivity index (χ1) is 19.3. The number of imidazole rings is 1. The van der Waals surface area contributed by atoms with E-state index in [1.54, 1.807) is 0 Å². The van der Waals surface area contributed by atoms with Crippen LogP contribution in [0.2, 0.25) is 10.0 Å². The number of carbonyl (C=O) groups is 1. The minimum Gasteiger partial charge on any atom is -0.458 e. The van der Waals surface area contributed by atoms with Crippen LogP contribution in [-0.2, 0) is 9.53 Å². The molecule has 4 heterocycles. The summed E-state index contributed by atoms with van der Waals surface area (Å²) in [5.74, 6) is 0.981. The topological polar surface area (TPSA) is 108 Å². The van der Waals surface area contributed by atoms with Gasteiger partial charge in [-0.1, -0.05) is 42.3 Å². The average Bonchev–Trinajstić information content (AvgIpc) is 3.33. The van der Waals surface area contributed by atoms with Crippen molar-refractivity contribution in [3.63, 3.8) is 0 Å². The summed E-state index contributed by atoms with van der Waals surface area (Å²) in [5.41, 5.74) is 7.93. The van der Waals surface area contributed by atoms with E-state index in [9.17, 15) is 4.79 Å². The molecule has 2 aliphatic heterocycles. The summed E-state index contributed by atoms with van der Waals surface area (Å²) in [6, 6.07) is 15.3. The van der Waals surface area contributed by atoms with Gasteiger partial charge >= 0.3 is 6.01 Å². The minimum atomic E-state index is -0.563. The summed E-state index contributed by atoms with van der Waals surface area (Å²) in [4.78, 5) is 29.1. The number of primary amides is 1. The third-order valence-electron chi connectivity index (χ3n) is 7.82. The highest BCUT2D eigenvalue weighted by Crippen LogP contribution is 2.39. The monoisotopic (exact) mass is 580 g/mol.